The first-order chi connectivity index (χ1) is 15.7. The Morgan fingerprint density at radius 3 is 2.64 bits per heavy atom. The highest BCUT2D eigenvalue weighted by atomic mass is 32.2. The van der Waals surface area contributed by atoms with Gasteiger partial charge in [0.05, 0.1) is 22.5 Å². The van der Waals surface area contributed by atoms with Gasteiger partial charge < -0.3 is 9.88 Å². The molecule has 1 fully saturated rings. The number of benzene rings is 2. The van der Waals surface area contributed by atoms with E-state index >= 15 is 0 Å². The van der Waals surface area contributed by atoms with Crippen LogP contribution in [0.15, 0.2) is 47.4 Å². The number of rotatable bonds is 5. The fourth-order valence-corrected chi connectivity index (χ4v) is 5.80. The standard InChI is InChI=1S/C23H25N5O4S/c1-4-27-19-10-9-16(33(31,32)26(2)3)13-18(19)24-20(27)14-28-21(29)23(25-22(28)30)12-11-15-7-5-6-8-17(15)23/h5-10,13H,4,11-12,14H2,1-3H3,(H,25,30). The van der Waals surface area contributed by atoms with E-state index in [0.29, 0.717) is 24.3 Å². The highest BCUT2D eigenvalue weighted by Gasteiger charge is 2.55. The van der Waals surface area contributed by atoms with Gasteiger partial charge in [-0.25, -0.2) is 22.5 Å². The fraction of sp³-hybridized carbons (Fsp3) is 0.348. The number of imidazole rings is 1. The number of imide groups is 1. The van der Waals surface area contributed by atoms with Gasteiger partial charge in [-0.05, 0) is 49.1 Å². The normalized spacial score (nSPS) is 20.3. The third-order valence-electron chi connectivity index (χ3n) is 6.62. The maximum atomic E-state index is 13.5. The molecule has 0 radical (unpaired) electrons. The summed E-state index contributed by atoms with van der Waals surface area (Å²) in [7, 11) is -0.654. The van der Waals surface area contributed by atoms with Gasteiger partial charge in [0.2, 0.25) is 10.0 Å². The smallest absolute Gasteiger partial charge is 0.325 e. The zero-order chi connectivity index (χ0) is 23.5. The van der Waals surface area contributed by atoms with Gasteiger partial charge >= 0.3 is 6.03 Å². The lowest BCUT2D eigenvalue weighted by Crippen LogP contribution is -2.41. The van der Waals surface area contributed by atoms with Crippen molar-refractivity contribution >= 4 is 33.0 Å². The van der Waals surface area contributed by atoms with Gasteiger partial charge in [-0.1, -0.05) is 24.3 Å². The summed E-state index contributed by atoms with van der Waals surface area (Å²) in [5, 5.41) is 2.93. The third kappa shape index (κ3) is 3.08. The summed E-state index contributed by atoms with van der Waals surface area (Å²) >= 11 is 0. The summed E-state index contributed by atoms with van der Waals surface area (Å²) in [4.78, 5) is 32.4. The third-order valence-corrected chi connectivity index (χ3v) is 8.43. The molecule has 3 amide bonds. The molecule has 1 spiro atoms. The van der Waals surface area contributed by atoms with Crippen LogP contribution in [0, 0.1) is 0 Å². The van der Waals surface area contributed by atoms with Gasteiger partial charge in [-0.2, -0.15) is 0 Å². The average Bonchev–Trinajstić information content (AvgIpc) is 3.41. The summed E-state index contributed by atoms with van der Waals surface area (Å²) in [6.45, 7) is 2.51. The molecule has 2 aliphatic rings. The van der Waals surface area contributed by atoms with Crippen LogP contribution in [0.4, 0.5) is 4.79 Å². The summed E-state index contributed by atoms with van der Waals surface area (Å²) < 4.78 is 28.1. The maximum absolute atomic E-state index is 13.5. The number of hydrogen-bond acceptors (Lipinski definition) is 5. The lowest BCUT2D eigenvalue weighted by atomic mass is 9.92. The van der Waals surface area contributed by atoms with E-state index in [9.17, 15) is 18.0 Å². The second kappa shape index (κ2) is 7.39. The molecule has 2 heterocycles. The first-order valence-electron chi connectivity index (χ1n) is 10.8. The summed E-state index contributed by atoms with van der Waals surface area (Å²) in [5.74, 6) is 0.252. The number of nitrogens with one attached hydrogen (secondary N) is 1. The number of hydrogen-bond donors (Lipinski definition) is 1. The summed E-state index contributed by atoms with van der Waals surface area (Å²) in [6.07, 6.45) is 1.26. The Hall–Kier alpha value is -3.24. The van der Waals surface area contributed by atoms with Crippen LogP contribution in [0.1, 0.15) is 30.3 Å². The number of carbonyl (C=O) groups excluding carboxylic acids is 2. The predicted molar refractivity (Wildman–Crippen MR) is 122 cm³/mol. The molecule has 9 nitrogen and oxygen atoms in total. The molecule has 0 bridgehead atoms. The van der Waals surface area contributed by atoms with E-state index in [-0.39, 0.29) is 17.3 Å². The van der Waals surface area contributed by atoms with Gasteiger partial charge in [0.1, 0.15) is 11.4 Å². The molecule has 1 unspecified atom stereocenters. The van der Waals surface area contributed by atoms with Crippen LogP contribution < -0.4 is 5.32 Å². The van der Waals surface area contributed by atoms with Crippen LogP contribution in [-0.4, -0.2) is 53.2 Å². The molecular formula is C23H25N5O4S. The van der Waals surface area contributed by atoms with Crippen LogP contribution in [0.2, 0.25) is 0 Å². The van der Waals surface area contributed by atoms with Crippen molar-refractivity contribution < 1.29 is 18.0 Å². The van der Waals surface area contributed by atoms with E-state index in [1.54, 1.807) is 12.1 Å². The number of amides is 3. The number of aryl methyl sites for hydroxylation is 2. The molecule has 1 aromatic heterocycles. The van der Waals surface area contributed by atoms with Crippen molar-refractivity contribution in [1.82, 2.24) is 24.1 Å². The average molecular weight is 468 g/mol. The minimum absolute atomic E-state index is 0.00681. The van der Waals surface area contributed by atoms with Gasteiger partial charge in [0.15, 0.2) is 0 Å². The number of sulfonamides is 1. The van der Waals surface area contributed by atoms with Gasteiger partial charge in [0, 0.05) is 20.6 Å². The summed E-state index contributed by atoms with van der Waals surface area (Å²) in [6, 6.07) is 12.1. The van der Waals surface area contributed by atoms with E-state index in [2.05, 4.69) is 10.3 Å². The van der Waals surface area contributed by atoms with E-state index in [1.165, 1.54) is 25.1 Å². The molecule has 172 valence electrons. The molecule has 33 heavy (non-hydrogen) atoms. The zero-order valence-corrected chi connectivity index (χ0v) is 19.5. The lowest BCUT2D eigenvalue weighted by Gasteiger charge is -2.22. The van der Waals surface area contributed by atoms with Gasteiger partial charge in [-0.3, -0.25) is 9.69 Å². The number of fused-ring (bicyclic) bond motifs is 3. The van der Waals surface area contributed by atoms with E-state index < -0.39 is 21.6 Å². The second-order valence-electron chi connectivity index (χ2n) is 8.59. The number of urea groups is 1. The lowest BCUT2D eigenvalue weighted by molar-refractivity contribution is -0.132. The fourth-order valence-electron chi connectivity index (χ4n) is 4.88. The molecule has 1 N–H and O–H groups in total. The minimum atomic E-state index is -3.61. The van der Waals surface area contributed by atoms with Crippen LogP contribution in [-0.2, 0) is 39.9 Å². The summed E-state index contributed by atoms with van der Waals surface area (Å²) in [5.41, 5.74) is 2.15. The predicted octanol–water partition coefficient (Wildman–Crippen LogP) is 2.20. The molecular weight excluding hydrogens is 442 g/mol. The van der Waals surface area contributed by atoms with Crippen molar-refractivity contribution in [2.75, 3.05) is 14.1 Å². The quantitative estimate of drug-likeness (QED) is 0.580. The topological polar surface area (TPSA) is 105 Å². The SMILES string of the molecule is CCn1c(CN2C(=O)NC3(CCc4ccccc43)C2=O)nc2cc(S(=O)(=O)N(C)C)ccc21. The van der Waals surface area contributed by atoms with Crippen LogP contribution >= 0.6 is 0 Å². The van der Waals surface area contributed by atoms with Crippen molar-refractivity contribution in [3.63, 3.8) is 0 Å². The Morgan fingerprint density at radius 2 is 1.91 bits per heavy atom. The van der Waals surface area contributed by atoms with E-state index in [0.717, 1.165) is 27.4 Å². The van der Waals surface area contributed by atoms with Gasteiger partial charge in [0.25, 0.3) is 5.91 Å². The minimum Gasteiger partial charge on any atom is -0.327 e. The molecule has 3 aromatic rings. The zero-order valence-electron chi connectivity index (χ0n) is 18.7. The van der Waals surface area contributed by atoms with Crippen LogP contribution in [0.5, 0.6) is 0 Å². The van der Waals surface area contributed by atoms with Gasteiger partial charge in [-0.15, -0.1) is 0 Å². The Labute approximate surface area is 192 Å². The Bertz CT molecular complexity index is 1410. The Balaban J connectivity index is 1.52. The molecule has 1 aliphatic heterocycles. The molecule has 1 saturated heterocycles. The maximum Gasteiger partial charge on any atom is 0.325 e. The molecule has 2 aromatic carbocycles. The highest BCUT2D eigenvalue weighted by molar-refractivity contribution is 7.89. The number of aromatic nitrogens is 2. The largest absolute Gasteiger partial charge is 0.327 e. The first kappa shape index (κ1) is 21.6. The molecule has 5 rings (SSSR count). The van der Waals surface area contributed by atoms with Crippen molar-refractivity contribution in [2.45, 2.75) is 43.3 Å². The first-order valence-corrected chi connectivity index (χ1v) is 12.3. The number of nitrogens with zero attached hydrogens (tertiary/aromatic N) is 4. The number of carbonyl (C=O) groups is 2. The van der Waals surface area contributed by atoms with Crippen molar-refractivity contribution in [3.8, 4) is 0 Å². The van der Waals surface area contributed by atoms with E-state index in [1.807, 2.05) is 35.8 Å². The van der Waals surface area contributed by atoms with E-state index in [4.69, 9.17) is 0 Å². The van der Waals surface area contributed by atoms with Crippen LogP contribution in [0.3, 0.4) is 0 Å². The second-order valence-corrected chi connectivity index (χ2v) is 10.7. The highest BCUT2D eigenvalue weighted by Crippen LogP contribution is 2.41. The molecule has 0 saturated carbocycles. The monoisotopic (exact) mass is 467 g/mol. The van der Waals surface area contributed by atoms with Crippen LogP contribution in [0.25, 0.3) is 11.0 Å². The Morgan fingerprint density at radius 1 is 1.15 bits per heavy atom. The van der Waals surface area contributed by atoms with Crippen molar-refractivity contribution in [2.24, 2.45) is 0 Å². The molecule has 1 aliphatic carbocycles. The van der Waals surface area contributed by atoms with Crippen molar-refractivity contribution in [1.29, 1.82) is 0 Å². The molecule has 10 heteroatoms. The Kier molecular flexibility index (Phi) is 4.84. The van der Waals surface area contributed by atoms with Crippen molar-refractivity contribution in [3.05, 3.63) is 59.4 Å². The molecule has 1 atom stereocenters.